The number of benzene rings is 2. The first-order valence-electron chi connectivity index (χ1n) is 10.1. The molecule has 1 aliphatic heterocycles. The molecule has 1 atom stereocenters. The number of nitrogen functional groups attached to an aromatic ring is 1. The first-order chi connectivity index (χ1) is 14.7. The number of nitrogens with one attached hydrogen (secondary N) is 1. The number of hydrogen-bond donors (Lipinski definition) is 2. The lowest BCUT2D eigenvalue weighted by Gasteiger charge is -2.22. The van der Waals surface area contributed by atoms with Gasteiger partial charge >= 0.3 is 0 Å². The number of aromatic nitrogens is 2. The minimum atomic E-state index is -0.378. The molecule has 2 aromatic heterocycles. The van der Waals surface area contributed by atoms with Crippen LogP contribution in [0.1, 0.15) is 12.8 Å². The van der Waals surface area contributed by atoms with E-state index in [0.717, 1.165) is 41.8 Å². The normalized spacial score (nSPS) is 16.6. The Morgan fingerprint density at radius 1 is 1.00 bits per heavy atom. The summed E-state index contributed by atoms with van der Waals surface area (Å²) in [4.78, 5) is 7.65. The number of H-pyrrole nitrogens is 1. The molecule has 4 aromatic rings. The van der Waals surface area contributed by atoms with E-state index in [2.05, 4.69) is 9.97 Å². The predicted octanol–water partition coefficient (Wildman–Crippen LogP) is 5.18. The summed E-state index contributed by atoms with van der Waals surface area (Å²) in [5.74, 6) is 0.209. The van der Waals surface area contributed by atoms with Gasteiger partial charge < -0.3 is 20.2 Å². The Labute approximate surface area is 173 Å². The molecule has 0 radical (unpaired) electrons. The van der Waals surface area contributed by atoms with Crippen LogP contribution in [0.5, 0.6) is 5.88 Å². The molecule has 30 heavy (non-hydrogen) atoms. The fourth-order valence-corrected chi connectivity index (χ4v) is 3.75. The molecule has 152 valence electrons. The van der Waals surface area contributed by atoms with Gasteiger partial charge in [-0.25, -0.2) is 9.37 Å². The third-order valence-corrected chi connectivity index (χ3v) is 5.35. The molecule has 0 saturated carbocycles. The second-order valence-corrected chi connectivity index (χ2v) is 7.54. The lowest BCUT2D eigenvalue weighted by Crippen LogP contribution is -2.28. The van der Waals surface area contributed by atoms with Crippen molar-refractivity contribution in [3.8, 4) is 28.3 Å². The van der Waals surface area contributed by atoms with Crippen molar-refractivity contribution in [1.29, 1.82) is 0 Å². The molecule has 1 aliphatic rings. The first-order valence-corrected chi connectivity index (χ1v) is 10.1. The molecule has 2 aromatic carbocycles. The van der Waals surface area contributed by atoms with Crippen LogP contribution in [0.3, 0.4) is 0 Å². The molecule has 0 amide bonds. The number of aromatic amines is 1. The van der Waals surface area contributed by atoms with Gasteiger partial charge in [0.05, 0.1) is 17.6 Å². The summed E-state index contributed by atoms with van der Waals surface area (Å²) in [7, 11) is 0. The molecule has 0 aliphatic carbocycles. The van der Waals surface area contributed by atoms with Crippen molar-refractivity contribution in [3.05, 3.63) is 66.5 Å². The lowest BCUT2D eigenvalue weighted by atomic mass is 10.0. The molecule has 5 rings (SSSR count). The largest absolute Gasteiger partial charge is 0.473 e. The van der Waals surface area contributed by atoms with Gasteiger partial charge in [0.1, 0.15) is 11.8 Å². The fraction of sp³-hybridized carbons (Fsp3) is 0.208. The van der Waals surface area contributed by atoms with Gasteiger partial charge in [-0.2, -0.15) is 0 Å². The van der Waals surface area contributed by atoms with E-state index in [4.69, 9.17) is 15.2 Å². The van der Waals surface area contributed by atoms with Crippen LogP contribution < -0.4 is 10.5 Å². The maximum atomic E-state index is 14.8. The van der Waals surface area contributed by atoms with Crippen LogP contribution in [0.15, 0.2) is 60.7 Å². The van der Waals surface area contributed by atoms with Crippen LogP contribution in [0.4, 0.5) is 10.1 Å². The van der Waals surface area contributed by atoms with Crippen molar-refractivity contribution in [2.45, 2.75) is 18.9 Å². The highest BCUT2D eigenvalue weighted by Gasteiger charge is 2.18. The van der Waals surface area contributed by atoms with Crippen molar-refractivity contribution < 1.29 is 13.9 Å². The Morgan fingerprint density at radius 3 is 2.40 bits per heavy atom. The zero-order valence-corrected chi connectivity index (χ0v) is 16.4. The number of ether oxygens (including phenoxy) is 2. The van der Waals surface area contributed by atoms with E-state index in [1.54, 1.807) is 0 Å². The predicted molar refractivity (Wildman–Crippen MR) is 116 cm³/mol. The summed E-state index contributed by atoms with van der Waals surface area (Å²) < 4.78 is 26.2. The first kappa shape index (κ1) is 18.6. The molecule has 3 heterocycles. The Kier molecular flexibility index (Phi) is 4.85. The summed E-state index contributed by atoms with van der Waals surface area (Å²) >= 11 is 0. The topological polar surface area (TPSA) is 73.2 Å². The van der Waals surface area contributed by atoms with Gasteiger partial charge in [-0.05, 0) is 36.1 Å². The van der Waals surface area contributed by atoms with E-state index in [0.29, 0.717) is 29.2 Å². The summed E-state index contributed by atoms with van der Waals surface area (Å²) in [6.07, 6.45) is 1.94. The van der Waals surface area contributed by atoms with Crippen molar-refractivity contribution in [2.75, 3.05) is 18.9 Å². The number of fused-ring (bicyclic) bond motifs is 1. The van der Waals surface area contributed by atoms with Crippen LogP contribution in [0.25, 0.3) is 33.4 Å². The maximum absolute atomic E-state index is 14.8. The highest BCUT2D eigenvalue weighted by molar-refractivity contribution is 5.81. The number of halogens is 1. The second-order valence-electron chi connectivity index (χ2n) is 7.54. The average molecular weight is 403 g/mol. The minimum Gasteiger partial charge on any atom is -0.473 e. The molecule has 0 spiro atoms. The fourth-order valence-electron chi connectivity index (χ4n) is 3.75. The quantitative estimate of drug-likeness (QED) is 0.461. The second kappa shape index (κ2) is 7.80. The molecule has 3 N–H and O–H groups in total. The number of pyridine rings is 1. The Bertz CT molecular complexity index is 1160. The Morgan fingerprint density at radius 2 is 1.70 bits per heavy atom. The van der Waals surface area contributed by atoms with E-state index < -0.39 is 0 Å². The third kappa shape index (κ3) is 3.74. The highest BCUT2D eigenvalue weighted by atomic mass is 19.1. The summed E-state index contributed by atoms with van der Waals surface area (Å²) in [5.41, 5.74) is 10.9. The summed E-state index contributed by atoms with van der Waals surface area (Å²) in [6, 6.07) is 18.6. The van der Waals surface area contributed by atoms with Gasteiger partial charge in [0.15, 0.2) is 11.7 Å². The van der Waals surface area contributed by atoms with Crippen LogP contribution in [0, 0.1) is 5.82 Å². The number of hydrogen-bond acceptors (Lipinski definition) is 4. The standard InChI is InChI=1S/C24H22FN3O2/c25-20-12-21-22(13-23(27-21)30-19-2-1-11-29-14-19)28-24(20)17-5-3-15(4-6-17)16-7-9-18(26)10-8-16/h3-10,12-13,19,27H,1-2,11,14,26H2. The molecule has 5 nitrogen and oxygen atoms in total. The van der Waals surface area contributed by atoms with Crippen molar-refractivity contribution in [1.82, 2.24) is 9.97 Å². The highest BCUT2D eigenvalue weighted by Crippen LogP contribution is 2.29. The van der Waals surface area contributed by atoms with Gasteiger partial charge in [-0.1, -0.05) is 36.4 Å². The van der Waals surface area contributed by atoms with Crippen LogP contribution in [-0.2, 0) is 4.74 Å². The molecular weight excluding hydrogens is 381 g/mol. The zero-order valence-electron chi connectivity index (χ0n) is 16.4. The summed E-state index contributed by atoms with van der Waals surface area (Å²) in [5, 5.41) is 0. The third-order valence-electron chi connectivity index (χ3n) is 5.35. The zero-order chi connectivity index (χ0) is 20.5. The molecule has 1 unspecified atom stereocenters. The summed E-state index contributed by atoms with van der Waals surface area (Å²) in [6.45, 7) is 1.35. The number of nitrogens with zero attached hydrogens (tertiary/aromatic N) is 1. The van der Waals surface area contributed by atoms with Crippen LogP contribution in [-0.4, -0.2) is 29.3 Å². The SMILES string of the molecule is Nc1ccc(-c2ccc(-c3nc4cc(OC5CCCOC5)[nH]c4cc3F)cc2)cc1. The number of anilines is 1. The van der Waals surface area contributed by atoms with Gasteiger partial charge in [-0.3, -0.25) is 0 Å². The van der Waals surface area contributed by atoms with E-state index in [1.807, 2.05) is 54.6 Å². The molecule has 1 saturated heterocycles. The van der Waals surface area contributed by atoms with Gasteiger partial charge in [0, 0.05) is 30.0 Å². The van der Waals surface area contributed by atoms with E-state index in [9.17, 15) is 4.39 Å². The molecule has 0 bridgehead atoms. The molecule has 1 fully saturated rings. The van der Waals surface area contributed by atoms with Gasteiger partial charge in [-0.15, -0.1) is 0 Å². The van der Waals surface area contributed by atoms with E-state index >= 15 is 0 Å². The lowest BCUT2D eigenvalue weighted by molar-refractivity contribution is 0.00582. The molecular formula is C24H22FN3O2. The van der Waals surface area contributed by atoms with Crippen LogP contribution in [0.2, 0.25) is 0 Å². The van der Waals surface area contributed by atoms with Crippen LogP contribution >= 0.6 is 0 Å². The number of rotatable bonds is 4. The van der Waals surface area contributed by atoms with Crippen molar-refractivity contribution in [3.63, 3.8) is 0 Å². The monoisotopic (exact) mass is 403 g/mol. The Balaban J connectivity index is 1.42. The minimum absolute atomic E-state index is 0.0111. The maximum Gasteiger partial charge on any atom is 0.193 e. The molecule has 6 heteroatoms. The average Bonchev–Trinajstić information content (AvgIpc) is 3.15. The van der Waals surface area contributed by atoms with Crippen molar-refractivity contribution >= 4 is 16.7 Å². The smallest absolute Gasteiger partial charge is 0.193 e. The van der Waals surface area contributed by atoms with E-state index in [1.165, 1.54) is 6.07 Å². The van der Waals surface area contributed by atoms with Gasteiger partial charge in [0.25, 0.3) is 0 Å². The van der Waals surface area contributed by atoms with Gasteiger partial charge in [0.2, 0.25) is 0 Å². The van der Waals surface area contributed by atoms with E-state index in [-0.39, 0.29) is 11.9 Å². The Hall–Kier alpha value is -3.38. The van der Waals surface area contributed by atoms with Crippen molar-refractivity contribution in [2.24, 2.45) is 0 Å². The number of nitrogens with two attached hydrogens (primary N) is 1.